The number of nitrogens with zero attached hydrogens (tertiary/aromatic N) is 7. The zero-order valence-corrected chi connectivity index (χ0v) is 46.7. The first-order valence-electron chi connectivity index (χ1n) is 25.6. The van der Waals surface area contributed by atoms with Gasteiger partial charge in [-0.2, -0.15) is 4.98 Å². The molecule has 6 N–H and O–H groups in total. The van der Waals surface area contributed by atoms with Gasteiger partial charge in [-0.25, -0.2) is 24.1 Å². The molecule has 5 fully saturated rings. The summed E-state index contributed by atoms with van der Waals surface area (Å²) < 4.78 is 64.4. The monoisotopic (exact) mass is 1180 g/mol. The second-order valence-corrected chi connectivity index (χ2v) is 25.6. The van der Waals surface area contributed by atoms with Gasteiger partial charge in [0.25, 0.3) is 17.4 Å². The van der Waals surface area contributed by atoms with Gasteiger partial charge in [-0.3, -0.25) is 71.7 Å². The third-order valence-corrected chi connectivity index (χ3v) is 17.0. The summed E-state index contributed by atoms with van der Waals surface area (Å²) in [7, 11) is 0. The average molecular weight is 1180 g/mol. The van der Waals surface area contributed by atoms with Gasteiger partial charge in [-0.05, 0) is 44.9 Å². The molecule has 1 saturated carbocycles. The van der Waals surface area contributed by atoms with Gasteiger partial charge in [0.2, 0.25) is 41.4 Å². The van der Waals surface area contributed by atoms with Crippen LogP contribution < -0.4 is 31.6 Å². The molecule has 7 amide bonds. The Morgan fingerprint density at radius 2 is 1.68 bits per heavy atom. The van der Waals surface area contributed by atoms with Crippen molar-refractivity contribution in [1.82, 2.24) is 55.2 Å². The van der Waals surface area contributed by atoms with E-state index in [1.165, 1.54) is 41.1 Å². The summed E-state index contributed by atoms with van der Waals surface area (Å²) in [6.45, 7) is -4.58. The Balaban J connectivity index is 0.866. The molecule has 0 radical (unpaired) electrons. The predicted octanol–water partition coefficient (Wildman–Crippen LogP) is 1.49. The number of carbonyl (C=O) groups excluding carboxylic acids is 7. The molecule has 9 rings (SSSR count). The molecule has 2 bridgehead atoms. The van der Waals surface area contributed by atoms with E-state index in [0.29, 0.717) is 25.7 Å². The minimum absolute atomic E-state index is 0.0858. The van der Waals surface area contributed by atoms with Crippen molar-refractivity contribution in [1.29, 1.82) is 0 Å². The quantitative estimate of drug-likeness (QED) is 0.0387. The van der Waals surface area contributed by atoms with Crippen molar-refractivity contribution in [3.05, 3.63) is 47.4 Å². The number of H-pyrrole nitrogens is 1. The van der Waals surface area contributed by atoms with Gasteiger partial charge in [-0.15, -0.1) is 0 Å². The number of ether oxygens (including phenoxy) is 2. The number of imidazole rings is 1. The molecule has 3 aromatic rings. The van der Waals surface area contributed by atoms with Gasteiger partial charge in [0.05, 0.1) is 44.4 Å². The van der Waals surface area contributed by atoms with Crippen LogP contribution in [0, 0.1) is 11.8 Å². The summed E-state index contributed by atoms with van der Waals surface area (Å²) in [5.41, 5.74) is -1.26. The van der Waals surface area contributed by atoms with Crippen molar-refractivity contribution in [2.24, 2.45) is 11.8 Å². The molecule has 4 saturated heterocycles. The second-order valence-electron chi connectivity index (χ2n) is 19.9. The number of amides is 7. The molecular weight excluding hydrogens is 1120 g/mol. The number of aromatic amines is 1. The van der Waals surface area contributed by atoms with Crippen LogP contribution in [-0.4, -0.2) is 167 Å². The molecule has 0 unspecified atom stereocenters. The molecule has 29 nitrogen and oxygen atoms in total. The minimum Gasteiger partial charge on any atom is -0.474 e. The first-order chi connectivity index (χ1) is 37.5. The lowest BCUT2D eigenvalue weighted by atomic mass is 10.0. The normalized spacial score (nSPS) is 29.0. The van der Waals surface area contributed by atoms with Crippen molar-refractivity contribution in [2.45, 2.75) is 133 Å². The number of anilines is 1. The molecule has 0 spiro atoms. The molecule has 3 aromatic heterocycles. The molecule has 8 heterocycles. The van der Waals surface area contributed by atoms with Crippen LogP contribution in [0.2, 0.25) is 0 Å². The van der Waals surface area contributed by atoms with Crippen LogP contribution in [0.4, 0.5) is 5.95 Å². The standard InChI is InChI=1S/C46H62N12O17P2S2/c1-24(2)37(52-32(60)9-5-4-6-14-57-34(61)10-11-35(57)62)43(66)51-25(3)41(64)48-19-36(63)56-15-7-8-29(56)42(65)54-46-53-40-38(44(67)55-46)50-23-58(40)45-39-30(59)17-28(73-45)21-71-76(68,78)74-31-18-27(72-33-12-13-47-22-49-33)16-26(31)20-70-77(69,79)75-39/h10-13,22-31,37,39,45,59H,4-9,14-21H2,1-3H3,(H,48,64)(H,51,66)(H,52,60)(H,68,78)(H,69,79)(H2,53,54,55,65,67)/t25-,26+,27+,28+,29+,30+,31-,37-,39+,45+,76+,77+/m0/s1. The van der Waals surface area contributed by atoms with Crippen molar-refractivity contribution in [3.8, 4) is 5.88 Å². The number of unbranched alkanes of at least 4 members (excludes halogenated alkanes) is 2. The third-order valence-electron chi connectivity index (χ3n) is 13.8. The van der Waals surface area contributed by atoms with Gasteiger partial charge in [-0.1, -0.05) is 44.8 Å². The zero-order valence-electron chi connectivity index (χ0n) is 43.1. The average Bonchev–Trinajstić information content (AvgIpc) is 4.22. The van der Waals surface area contributed by atoms with E-state index in [-0.39, 0.29) is 92.5 Å². The van der Waals surface area contributed by atoms with Crippen molar-refractivity contribution in [2.75, 3.05) is 38.2 Å². The highest BCUT2D eigenvalue weighted by Crippen LogP contribution is 2.60. The van der Waals surface area contributed by atoms with E-state index in [2.05, 4.69) is 70.7 Å². The maximum absolute atomic E-state index is 14.0. The van der Waals surface area contributed by atoms with E-state index in [9.17, 15) is 52.6 Å². The van der Waals surface area contributed by atoms with Crippen LogP contribution in [0.15, 0.2) is 41.9 Å². The summed E-state index contributed by atoms with van der Waals surface area (Å²) in [6.07, 6.45) is 2.02. The first-order valence-corrected chi connectivity index (χ1v) is 31.0. The van der Waals surface area contributed by atoms with Crippen molar-refractivity contribution >= 4 is 96.6 Å². The smallest absolute Gasteiger partial charge is 0.386 e. The first kappa shape index (κ1) is 59.5. The second kappa shape index (κ2) is 25.9. The van der Waals surface area contributed by atoms with Crippen LogP contribution in [0.3, 0.4) is 0 Å². The van der Waals surface area contributed by atoms with Gasteiger partial charge < -0.3 is 40.0 Å². The number of aliphatic hydroxyl groups is 1. The van der Waals surface area contributed by atoms with E-state index in [0.717, 1.165) is 11.2 Å². The maximum atomic E-state index is 14.0. The fourth-order valence-electron chi connectivity index (χ4n) is 9.75. The molecule has 79 heavy (non-hydrogen) atoms. The third kappa shape index (κ3) is 15.2. The number of rotatable bonds is 18. The Bertz CT molecular complexity index is 2960. The van der Waals surface area contributed by atoms with Crippen LogP contribution in [0.5, 0.6) is 5.88 Å². The highest BCUT2D eigenvalue weighted by atomic mass is 32.7. The molecular formula is C46H62N12O17P2S2. The van der Waals surface area contributed by atoms with Gasteiger partial charge in [0.15, 0.2) is 17.4 Å². The summed E-state index contributed by atoms with van der Waals surface area (Å²) in [4.78, 5) is 125. The van der Waals surface area contributed by atoms with Gasteiger partial charge in [0.1, 0.15) is 36.7 Å². The number of carbonyl (C=O) groups is 7. The largest absolute Gasteiger partial charge is 0.474 e. The van der Waals surface area contributed by atoms with Gasteiger partial charge in [0, 0.05) is 62.7 Å². The number of hydrogen-bond donors (Lipinski definition) is 8. The highest BCUT2D eigenvalue weighted by Gasteiger charge is 2.48. The number of fused-ring (bicyclic) bond motifs is 9. The number of nitrogens with one attached hydrogen (secondary N) is 5. The molecule has 6 aliphatic rings. The lowest BCUT2D eigenvalue weighted by Gasteiger charge is -2.40. The van der Waals surface area contributed by atoms with E-state index >= 15 is 0 Å². The summed E-state index contributed by atoms with van der Waals surface area (Å²) in [6, 6.07) is -1.64. The lowest BCUT2D eigenvalue weighted by Crippen LogP contribution is -2.55. The molecule has 12 atom stereocenters. The highest BCUT2D eigenvalue weighted by molar-refractivity contribution is 8.44. The summed E-state index contributed by atoms with van der Waals surface area (Å²) in [5, 5.41) is 21.8. The maximum Gasteiger partial charge on any atom is 0.386 e. The number of imide groups is 1. The van der Waals surface area contributed by atoms with Crippen molar-refractivity contribution < 1.29 is 75.4 Å². The number of thiol groups is 2. The Kier molecular flexibility index (Phi) is 19.5. The Labute approximate surface area is 462 Å². The number of aromatic nitrogens is 6. The number of likely N-dealkylation sites (tertiary alicyclic amines) is 1. The van der Waals surface area contributed by atoms with E-state index < -0.39 is 123 Å². The van der Waals surface area contributed by atoms with E-state index in [1.807, 2.05) is 0 Å². The topological polar surface area (TPSA) is 373 Å². The molecule has 33 heteroatoms. The van der Waals surface area contributed by atoms with E-state index in [1.54, 1.807) is 19.9 Å². The molecule has 430 valence electrons. The van der Waals surface area contributed by atoms with Crippen LogP contribution in [0.1, 0.15) is 84.8 Å². The van der Waals surface area contributed by atoms with E-state index in [4.69, 9.17) is 27.6 Å². The van der Waals surface area contributed by atoms with Crippen LogP contribution in [-0.2, 0) is 65.5 Å². The molecule has 1 aliphatic carbocycles. The Morgan fingerprint density at radius 1 is 0.937 bits per heavy atom. The molecule has 0 aromatic carbocycles. The lowest BCUT2D eigenvalue weighted by molar-refractivity contribution is -0.196. The Morgan fingerprint density at radius 3 is 2.42 bits per heavy atom. The zero-order chi connectivity index (χ0) is 56.8. The minimum atomic E-state index is -4.38. The fourth-order valence-corrected chi connectivity index (χ4v) is 12.8. The number of aliphatic hydroxyl groups excluding tert-OH is 1. The van der Waals surface area contributed by atoms with Gasteiger partial charge >= 0.3 is 13.6 Å². The Hall–Kier alpha value is -5.62. The fraction of sp³-hybridized carbons (Fsp3) is 0.609. The number of hydrogen-bond acceptors (Lipinski definition) is 21. The SMILES string of the molecule is CC(C)[C@H](NC(=O)CCCCCN1C(=O)C=CC1=O)C(=O)N[C@@H](C)C(=O)NCC(=O)N1CCC[C@@H]1C(=O)Nc1nc2c(ncn2[C@@H]2O[C@H]3CO[P@@](=O)(S)O[C@H]4C[C@H](Oc5ccncn5)C[C@@H]4CO[P@@](=O)(S)O[C@@H]2[C@H](O)C3)c(=O)[nH]1. The van der Waals surface area contributed by atoms with Crippen LogP contribution in [0.25, 0.3) is 11.2 Å². The summed E-state index contributed by atoms with van der Waals surface area (Å²) >= 11 is 8.45. The van der Waals surface area contributed by atoms with Crippen molar-refractivity contribution in [3.63, 3.8) is 0 Å². The summed E-state index contributed by atoms with van der Waals surface area (Å²) in [5.74, 6) is -4.90. The molecule has 5 aliphatic heterocycles. The predicted molar refractivity (Wildman–Crippen MR) is 282 cm³/mol. The van der Waals surface area contributed by atoms with Crippen LogP contribution >= 0.6 is 38.1 Å².